The number of fused-ring (bicyclic) bond motifs is 1. The Morgan fingerprint density at radius 1 is 1.20 bits per heavy atom. The molecule has 0 N–H and O–H groups in total. The van der Waals surface area contributed by atoms with Crippen LogP contribution in [0.3, 0.4) is 0 Å². The van der Waals surface area contributed by atoms with Gasteiger partial charge in [-0.15, -0.1) is 0 Å². The number of aryl methyl sites for hydroxylation is 1. The Labute approximate surface area is 142 Å². The van der Waals surface area contributed by atoms with Gasteiger partial charge in [-0.3, -0.25) is 14.2 Å². The molecule has 0 radical (unpaired) electrons. The second-order valence-corrected chi connectivity index (χ2v) is 5.33. The third-order valence-electron chi connectivity index (χ3n) is 3.70. The lowest BCUT2D eigenvalue weighted by Gasteiger charge is -2.10. The summed E-state index contributed by atoms with van der Waals surface area (Å²) in [6.45, 7) is 1.37. The zero-order chi connectivity index (χ0) is 18.0. The molecule has 2 heterocycles. The highest BCUT2D eigenvalue weighted by molar-refractivity contribution is 5.76. The molecule has 3 rings (SSSR count). The van der Waals surface area contributed by atoms with Crippen molar-refractivity contribution >= 4 is 17.0 Å². The summed E-state index contributed by atoms with van der Waals surface area (Å²) >= 11 is 0. The van der Waals surface area contributed by atoms with E-state index in [-0.39, 0.29) is 17.6 Å². The molecule has 0 aliphatic rings. The van der Waals surface area contributed by atoms with Crippen LogP contribution >= 0.6 is 0 Å². The quantitative estimate of drug-likeness (QED) is 0.649. The maximum absolute atomic E-state index is 12.6. The topological polar surface area (TPSA) is 96.1 Å². The van der Waals surface area contributed by atoms with E-state index in [4.69, 9.17) is 4.74 Å². The van der Waals surface area contributed by atoms with Crippen molar-refractivity contribution in [1.29, 1.82) is 0 Å². The predicted octanol–water partition coefficient (Wildman–Crippen LogP) is 0.720. The van der Waals surface area contributed by atoms with E-state index in [1.165, 1.54) is 17.8 Å². The minimum absolute atomic E-state index is 0.158. The van der Waals surface area contributed by atoms with Gasteiger partial charge in [0.2, 0.25) is 0 Å². The molecule has 0 fully saturated rings. The van der Waals surface area contributed by atoms with E-state index in [2.05, 4.69) is 9.97 Å². The molecule has 0 saturated heterocycles. The molecule has 0 amide bonds. The Balaban J connectivity index is 2.18. The van der Waals surface area contributed by atoms with Crippen molar-refractivity contribution in [2.75, 3.05) is 6.61 Å². The molecular weight excluding hydrogens is 324 g/mol. The number of nitrogens with zero attached hydrogens (tertiary/aromatic N) is 4. The molecule has 0 saturated carbocycles. The van der Waals surface area contributed by atoms with E-state index >= 15 is 0 Å². The molecular formula is C17H16N4O4. The molecule has 3 aromatic rings. The van der Waals surface area contributed by atoms with Gasteiger partial charge in [-0.25, -0.2) is 19.3 Å². The average molecular weight is 340 g/mol. The van der Waals surface area contributed by atoms with Gasteiger partial charge in [-0.1, -0.05) is 30.3 Å². The van der Waals surface area contributed by atoms with Crippen LogP contribution in [0.5, 0.6) is 0 Å². The zero-order valence-electron chi connectivity index (χ0n) is 13.8. The van der Waals surface area contributed by atoms with Crippen LogP contribution in [0.1, 0.15) is 6.92 Å². The number of carbonyl (C=O) groups excluding carboxylic acids is 1. The van der Waals surface area contributed by atoms with E-state index in [0.29, 0.717) is 5.82 Å². The third-order valence-corrected chi connectivity index (χ3v) is 3.70. The molecule has 128 valence electrons. The molecule has 0 atom stereocenters. The molecule has 0 unspecified atom stereocenters. The number of ether oxygens (including phenoxy) is 1. The van der Waals surface area contributed by atoms with E-state index in [1.54, 1.807) is 6.92 Å². The molecule has 0 spiro atoms. The summed E-state index contributed by atoms with van der Waals surface area (Å²) in [7, 11) is 1.49. The second-order valence-electron chi connectivity index (χ2n) is 5.33. The van der Waals surface area contributed by atoms with Gasteiger partial charge in [-0.05, 0) is 6.92 Å². The SMILES string of the molecule is CCOC(=O)Cn1c(=O)c2cnc(-c3ccccc3)nc2n(C)c1=O. The van der Waals surface area contributed by atoms with Crippen LogP contribution in [0.25, 0.3) is 22.4 Å². The first-order valence-electron chi connectivity index (χ1n) is 7.70. The minimum atomic E-state index is -0.650. The normalized spacial score (nSPS) is 10.8. The molecule has 25 heavy (non-hydrogen) atoms. The highest BCUT2D eigenvalue weighted by Gasteiger charge is 2.16. The summed E-state index contributed by atoms with van der Waals surface area (Å²) in [6, 6.07) is 9.23. The summed E-state index contributed by atoms with van der Waals surface area (Å²) in [6.07, 6.45) is 1.37. The summed E-state index contributed by atoms with van der Waals surface area (Å²) in [4.78, 5) is 45.2. The van der Waals surface area contributed by atoms with Crippen LogP contribution in [-0.4, -0.2) is 31.7 Å². The monoisotopic (exact) mass is 340 g/mol. The van der Waals surface area contributed by atoms with Crippen molar-refractivity contribution < 1.29 is 9.53 Å². The number of hydrogen-bond acceptors (Lipinski definition) is 6. The van der Waals surface area contributed by atoms with Crippen molar-refractivity contribution in [2.45, 2.75) is 13.5 Å². The van der Waals surface area contributed by atoms with Gasteiger partial charge in [0.15, 0.2) is 11.5 Å². The lowest BCUT2D eigenvalue weighted by molar-refractivity contribution is -0.143. The molecule has 1 aromatic carbocycles. The lowest BCUT2D eigenvalue weighted by atomic mass is 10.2. The Kier molecular flexibility index (Phi) is 4.42. The summed E-state index contributed by atoms with van der Waals surface area (Å²) in [5, 5.41) is 0.158. The summed E-state index contributed by atoms with van der Waals surface area (Å²) in [5.74, 6) is -0.242. The zero-order valence-corrected chi connectivity index (χ0v) is 13.8. The van der Waals surface area contributed by atoms with E-state index in [0.717, 1.165) is 10.1 Å². The molecule has 0 bridgehead atoms. The van der Waals surface area contributed by atoms with Crippen molar-refractivity contribution in [3.8, 4) is 11.4 Å². The highest BCUT2D eigenvalue weighted by Crippen LogP contribution is 2.15. The molecule has 8 nitrogen and oxygen atoms in total. The van der Waals surface area contributed by atoms with Gasteiger partial charge >= 0.3 is 11.7 Å². The van der Waals surface area contributed by atoms with Crippen molar-refractivity contribution in [3.05, 3.63) is 57.4 Å². The minimum Gasteiger partial charge on any atom is -0.465 e. The molecule has 0 aliphatic carbocycles. The van der Waals surface area contributed by atoms with Gasteiger partial charge < -0.3 is 4.74 Å². The maximum atomic E-state index is 12.6. The smallest absolute Gasteiger partial charge is 0.332 e. The first-order valence-corrected chi connectivity index (χ1v) is 7.70. The van der Waals surface area contributed by atoms with Crippen LogP contribution in [0.2, 0.25) is 0 Å². The van der Waals surface area contributed by atoms with E-state index < -0.39 is 23.8 Å². The fraction of sp³-hybridized carbons (Fsp3) is 0.235. The number of aromatic nitrogens is 4. The van der Waals surface area contributed by atoms with Crippen LogP contribution in [0.4, 0.5) is 0 Å². The molecule has 0 aliphatic heterocycles. The number of esters is 1. The van der Waals surface area contributed by atoms with E-state index in [9.17, 15) is 14.4 Å². The summed E-state index contributed by atoms with van der Waals surface area (Å²) in [5.41, 5.74) is -0.273. The Bertz CT molecular complexity index is 1050. The average Bonchev–Trinajstić information content (AvgIpc) is 2.64. The largest absolute Gasteiger partial charge is 0.465 e. The molecule has 2 aromatic heterocycles. The van der Waals surface area contributed by atoms with Crippen LogP contribution < -0.4 is 11.2 Å². The van der Waals surface area contributed by atoms with Crippen molar-refractivity contribution in [2.24, 2.45) is 7.05 Å². The van der Waals surface area contributed by atoms with Crippen LogP contribution in [0.15, 0.2) is 46.1 Å². The first kappa shape index (κ1) is 16.6. The standard InChI is InChI=1S/C17H16N4O4/c1-3-25-13(22)10-21-16(23)12-9-18-14(11-7-5-4-6-8-11)19-15(12)20(2)17(21)24/h4-9H,3,10H2,1-2H3. The number of rotatable bonds is 4. The summed E-state index contributed by atoms with van der Waals surface area (Å²) < 4.78 is 6.86. The third kappa shape index (κ3) is 3.06. The van der Waals surface area contributed by atoms with Crippen molar-refractivity contribution in [3.63, 3.8) is 0 Å². The van der Waals surface area contributed by atoms with E-state index in [1.807, 2.05) is 30.3 Å². The predicted molar refractivity (Wildman–Crippen MR) is 91.1 cm³/mol. The Hall–Kier alpha value is -3.29. The highest BCUT2D eigenvalue weighted by atomic mass is 16.5. The maximum Gasteiger partial charge on any atom is 0.332 e. The Morgan fingerprint density at radius 3 is 2.60 bits per heavy atom. The fourth-order valence-corrected chi connectivity index (χ4v) is 2.48. The first-order chi connectivity index (χ1) is 12.0. The van der Waals surface area contributed by atoms with Gasteiger partial charge in [0.1, 0.15) is 11.9 Å². The second kappa shape index (κ2) is 6.68. The number of hydrogen-bond donors (Lipinski definition) is 0. The lowest BCUT2D eigenvalue weighted by Crippen LogP contribution is -2.41. The fourth-order valence-electron chi connectivity index (χ4n) is 2.48. The van der Waals surface area contributed by atoms with Gasteiger partial charge in [0.05, 0.1) is 6.61 Å². The number of benzene rings is 1. The Morgan fingerprint density at radius 2 is 1.92 bits per heavy atom. The van der Waals surface area contributed by atoms with Crippen LogP contribution in [-0.2, 0) is 23.1 Å². The molecule has 8 heteroatoms. The van der Waals surface area contributed by atoms with Crippen LogP contribution in [0, 0.1) is 0 Å². The van der Waals surface area contributed by atoms with Gasteiger partial charge in [-0.2, -0.15) is 0 Å². The van der Waals surface area contributed by atoms with Gasteiger partial charge in [0, 0.05) is 18.8 Å². The number of carbonyl (C=O) groups is 1. The van der Waals surface area contributed by atoms with Crippen molar-refractivity contribution in [1.82, 2.24) is 19.1 Å². The van der Waals surface area contributed by atoms with Gasteiger partial charge in [0.25, 0.3) is 5.56 Å².